The Morgan fingerprint density at radius 1 is 1.33 bits per heavy atom. The molecule has 0 aliphatic heterocycles. The summed E-state index contributed by atoms with van der Waals surface area (Å²) in [4.78, 5) is 12.3. The maximum atomic E-state index is 5.16. The second-order valence-corrected chi connectivity index (χ2v) is 4.10. The molecule has 0 aliphatic rings. The summed E-state index contributed by atoms with van der Waals surface area (Å²) in [6, 6.07) is 5.69. The fraction of sp³-hybridized carbons (Fsp3) is 0.167. The molecule has 0 radical (unpaired) electrons. The van der Waals surface area contributed by atoms with Crippen LogP contribution in [-0.4, -0.2) is 20.1 Å². The number of nitrogens with zero attached hydrogens (tertiary/aromatic N) is 3. The van der Waals surface area contributed by atoms with Crippen LogP contribution in [0, 0.1) is 6.92 Å². The first-order valence-electron chi connectivity index (χ1n) is 5.47. The quantitative estimate of drug-likeness (QED) is 0.818. The summed E-state index contributed by atoms with van der Waals surface area (Å²) < 4.78 is 0. The lowest BCUT2D eigenvalue weighted by Gasteiger charge is -2.09. The third kappa shape index (κ3) is 3.74. The van der Waals surface area contributed by atoms with Gasteiger partial charge in [-0.2, -0.15) is 0 Å². The van der Waals surface area contributed by atoms with Gasteiger partial charge >= 0.3 is 0 Å². The summed E-state index contributed by atoms with van der Waals surface area (Å²) in [5.41, 5.74) is 1.95. The van der Waals surface area contributed by atoms with Crippen molar-refractivity contribution < 1.29 is 0 Å². The van der Waals surface area contributed by atoms with E-state index in [0.29, 0.717) is 17.6 Å². The summed E-state index contributed by atoms with van der Waals surface area (Å²) in [7, 11) is 0. The smallest absolute Gasteiger partial charge is 0.229 e. The predicted octanol–water partition coefficient (Wildman–Crippen LogP) is 1.67. The van der Waals surface area contributed by atoms with Crippen molar-refractivity contribution in [1.29, 1.82) is 0 Å². The monoisotopic (exact) mass is 259 g/mol. The standard InChI is InChI=1S/C12H13N5S/c1-9-4-6-14-11(16-9)17-12(18)15-8-10-3-2-5-13-7-10/h2-7H,8H2,1H3,(H2,14,15,16,17,18). The van der Waals surface area contributed by atoms with Crippen LogP contribution < -0.4 is 10.6 Å². The first kappa shape index (κ1) is 12.4. The maximum Gasteiger partial charge on any atom is 0.229 e. The van der Waals surface area contributed by atoms with Gasteiger partial charge in [-0.1, -0.05) is 6.07 Å². The molecule has 0 atom stereocenters. The van der Waals surface area contributed by atoms with Gasteiger partial charge in [0, 0.05) is 30.8 Å². The topological polar surface area (TPSA) is 62.7 Å². The maximum absolute atomic E-state index is 5.16. The van der Waals surface area contributed by atoms with Gasteiger partial charge in [0.15, 0.2) is 5.11 Å². The van der Waals surface area contributed by atoms with E-state index in [0.717, 1.165) is 11.3 Å². The van der Waals surface area contributed by atoms with Gasteiger partial charge in [-0.15, -0.1) is 0 Å². The molecular formula is C12H13N5S. The molecule has 0 aromatic carbocycles. The Kier molecular flexibility index (Phi) is 4.14. The zero-order valence-corrected chi connectivity index (χ0v) is 10.7. The fourth-order valence-corrected chi connectivity index (χ4v) is 1.50. The largest absolute Gasteiger partial charge is 0.358 e. The molecule has 0 bridgehead atoms. The van der Waals surface area contributed by atoms with E-state index in [1.807, 2.05) is 25.1 Å². The SMILES string of the molecule is Cc1ccnc(NC(=S)NCc2cccnc2)n1. The van der Waals surface area contributed by atoms with E-state index < -0.39 is 0 Å². The Morgan fingerprint density at radius 3 is 2.94 bits per heavy atom. The summed E-state index contributed by atoms with van der Waals surface area (Å²) in [6.45, 7) is 2.52. The van der Waals surface area contributed by atoms with Gasteiger partial charge in [-0.3, -0.25) is 4.98 Å². The van der Waals surface area contributed by atoms with E-state index in [1.54, 1.807) is 18.6 Å². The minimum Gasteiger partial charge on any atom is -0.358 e. The Balaban J connectivity index is 1.86. The van der Waals surface area contributed by atoms with E-state index in [-0.39, 0.29) is 0 Å². The molecule has 92 valence electrons. The molecule has 5 nitrogen and oxygen atoms in total. The van der Waals surface area contributed by atoms with Crippen LogP contribution in [0.15, 0.2) is 36.8 Å². The van der Waals surface area contributed by atoms with Crippen LogP contribution in [0.4, 0.5) is 5.95 Å². The highest BCUT2D eigenvalue weighted by molar-refractivity contribution is 7.80. The van der Waals surface area contributed by atoms with E-state index >= 15 is 0 Å². The minimum atomic E-state index is 0.490. The molecule has 0 spiro atoms. The van der Waals surface area contributed by atoms with E-state index in [9.17, 15) is 0 Å². The summed E-state index contributed by atoms with van der Waals surface area (Å²) in [5, 5.41) is 6.49. The van der Waals surface area contributed by atoms with E-state index in [2.05, 4.69) is 25.6 Å². The Hall–Kier alpha value is -2.08. The van der Waals surface area contributed by atoms with Crippen molar-refractivity contribution in [3.05, 3.63) is 48.0 Å². The number of pyridine rings is 1. The van der Waals surface area contributed by atoms with Crippen LogP contribution in [0.3, 0.4) is 0 Å². The van der Waals surface area contributed by atoms with Crippen molar-refractivity contribution in [1.82, 2.24) is 20.3 Å². The van der Waals surface area contributed by atoms with Gasteiger partial charge in [0.2, 0.25) is 5.95 Å². The number of hydrogen-bond donors (Lipinski definition) is 2. The number of hydrogen-bond acceptors (Lipinski definition) is 4. The Labute approximate surface area is 111 Å². The molecule has 2 heterocycles. The number of aromatic nitrogens is 3. The number of nitrogens with one attached hydrogen (secondary N) is 2. The van der Waals surface area contributed by atoms with Crippen molar-refractivity contribution in [3.8, 4) is 0 Å². The highest BCUT2D eigenvalue weighted by Crippen LogP contribution is 1.99. The van der Waals surface area contributed by atoms with Crippen LogP contribution in [0.25, 0.3) is 0 Å². The van der Waals surface area contributed by atoms with Crippen LogP contribution in [0.5, 0.6) is 0 Å². The van der Waals surface area contributed by atoms with Gasteiger partial charge in [-0.05, 0) is 36.8 Å². The number of anilines is 1. The lowest BCUT2D eigenvalue weighted by Crippen LogP contribution is -2.28. The molecule has 2 rings (SSSR count). The van der Waals surface area contributed by atoms with Crippen molar-refractivity contribution in [2.75, 3.05) is 5.32 Å². The number of thiocarbonyl (C=S) groups is 1. The molecule has 0 saturated carbocycles. The molecule has 0 fully saturated rings. The van der Waals surface area contributed by atoms with E-state index in [1.165, 1.54) is 0 Å². The third-order valence-electron chi connectivity index (χ3n) is 2.20. The average Bonchev–Trinajstić information content (AvgIpc) is 2.38. The molecule has 0 amide bonds. The molecule has 0 saturated heterocycles. The molecule has 0 aliphatic carbocycles. The van der Waals surface area contributed by atoms with Gasteiger partial charge in [0.25, 0.3) is 0 Å². The molecule has 18 heavy (non-hydrogen) atoms. The van der Waals surface area contributed by atoms with Crippen LogP contribution >= 0.6 is 12.2 Å². The first-order valence-corrected chi connectivity index (χ1v) is 5.88. The van der Waals surface area contributed by atoms with Crippen LogP contribution in [0.1, 0.15) is 11.3 Å². The van der Waals surface area contributed by atoms with Gasteiger partial charge in [0.05, 0.1) is 0 Å². The third-order valence-corrected chi connectivity index (χ3v) is 2.44. The lowest BCUT2D eigenvalue weighted by atomic mass is 10.3. The Bertz CT molecular complexity index is 529. The second kappa shape index (κ2) is 6.02. The number of aryl methyl sites for hydroxylation is 1. The van der Waals surface area contributed by atoms with E-state index in [4.69, 9.17) is 12.2 Å². The number of rotatable bonds is 3. The normalized spacial score (nSPS) is 9.83. The molecule has 2 N–H and O–H groups in total. The highest BCUT2D eigenvalue weighted by Gasteiger charge is 2.00. The first-order chi connectivity index (χ1) is 8.74. The summed E-state index contributed by atoms with van der Waals surface area (Å²) in [6.07, 6.45) is 5.22. The molecule has 2 aromatic heterocycles. The lowest BCUT2D eigenvalue weighted by molar-refractivity contribution is 0.914. The highest BCUT2D eigenvalue weighted by atomic mass is 32.1. The van der Waals surface area contributed by atoms with Gasteiger partial charge in [0.1, 0.15) is 0 Å². The molecule has 6 heteroatoms. The second-order valence-electron chi connectivity index (χ2n) is 3.69. The van der Waals surface area contributed by atoms with Crippen LogP contribution in [-0.2, 0) is 6.54 Å². The van der Waals surface area contributed by atoms with Crippen molar-refractivity contribution in [3.63, 3.8) is 0 Å². The van der Waals surface area contributed by atoms with Crippen molar-refractivity contribution in [2.24, 2.45) is 0 Å². The molecule has 2 aromatic rings. The fourth-order valence-electron chi connectivity index (χ4n) is 1.34. The van der Waals surface area contributed by atoms with Gasteiger partial charge < -0.3 is 10.6 Å². The Morgan fingerprint density at radius 2 is 2.22 bits per heavy atom. The molecular weight excluding hydrogens is 246 g/mol. The predicted molar refractivity (Wildman–Crippen MR) is 74.1 cm³/mol. The average molecular weight is 259 g/mol. The summed E-state index contributed by atoms with van der Waals surface area (Å²) >= 11 is 5.16. The zero-order chi connectivity index (χ0) is 12.8. The zero-order valence-electron chi connectivity index (χ0n) is 9.92. The molecule has 0 unspecified atom stereocenters. The van der Waals surface area contributed by atoms with Crippen molar-refractivity contribution >= 4 is 23.3 Å². The van der Waals surface area contributed by atoms with Crippen LogP contribution in [0.2, 0.25) is 0 Å². The summed E-state index contributed by atoms with van der Waals surface area (Å²) in [5.74, 6) is 0.499. The van der Waals surface area contributed by atoms with Crippen molar-refractivity contribution in [2.45, 2.75) is 13.5 Å². The van der Waals surface area contributed by atoms with Gasteiger partial charge in [-0.25, -0.2) is 9.97 Å². The minimum absolute atomic E-state index is 0.490.